The molecular weight excluding hydrogens is 463 g/mol. The number of aromatic amines is 1. The lowest BCUT2D eigenvalue weighted by Crippen LogP contribution is -2.41. The molecule has 7 heteroatoms. The van der Waals surface area contributed by atoms with Crippen molar-refractivity contribution in [2.24, 2.45) is 4.99 Å². The van der Waals surface area contributed by atoms with Crippen LogP contribution in [0.15, 0.2) is 29.3 Å². The molecule has 1 heterocycles. The van der Waals surface area contributed by atoms with E-state index in [0.717, 1.165) is 61.7 Å². The molecule has 0 amide bonds. The summed E-state index contributed by atoms with van der Waals surface area (Å²) in [4.78, 5) is 14.8. The van der Waals surface area contributed by atoms with E-state index < -0.39 is 0 Å². The first-order chi connectivity index (χ1) is 13.0. The van der Waals surface area contributed by atoms with Gasteiger partial charge in [0.05, 0.1) is 11.0 Å². The number of H-pyrrole nitrogens is 1. The Labute approximate surface area is 187 Å². The molecule has 0 saturated carbocycles. The lowest BCUT2D eigenvalue weighted by atomic mass is 10.2. The maximum atomic E-state index is 4.62. The number of aromatic nitrogens is 2. The fourth-order valence-electron chi connectivity index (χ4n) is 3.39. The third-order valence-corrected chi connectivity index (χ3v) is 4.76. The molecule has 0 spiro atoms. The largest absolute Gasteiger partial charge is 0.356 e. The quantitative estimate of drug-likeness (QED) is 0.201. The lowest BCUT2D eigenvalue weighted by Gasteiger charge is -2.30. The smallest absolute Gasteiger partial charge is 0.190 e. The summed E-state index contributed by atoms with van der Waals surface area (Å²) < 4.78 is 0. The number of benzene rings is 1. The monoisotopic (exact) mass is 500 g/mol. The van der Waals surface area contributed by atoms with E-state index in [1.165, 1.54) is 0 Å². The van der Waals surface area contributed by atoms with Crippen molar-refractivity contribution >= 4 is 41.0 Å². The van der Waals surface area contributed by atoms with Gasteiger partial charge in [0.25, 0.3) is 0 Å². The zero-order valence-electron chi connectivity index (χ0n) is 18.0. The van der Waals surface area contributed by atoms with Gasteiger partial charge in [0.15, 0.2) is 5.96 Å². The lowest BCUT2D eigenvalue weighted by molar-refractivity contribution is 0.173. The van der Waals surface area contributed by atoms with Gasteiger partial charge in [0.1, 0.15) is 5.82 Å². The maximum absolute atomic E-state index is 4.62. The molecule has 2 rings (SSSR count). The Morgan fingerprint density at radius 2 is 1.71 bits per heavy atom. The molecule has 2 aromatic rings. The first-order valence-corrected chi connectivity index (χ1v) is 10.1. The SMILES string of the molecule is CN=C(NCCCc1nc2ccccc2[nH]1)NCCCN(C(C)C)C(C)C.I. The van der Waals surface area contributed by atoms with E-state index in [2.05, 4.69) is 64.3 Å². The molecule has 1 aromatic heterocycles. The second kappa shape index (κ2) is 13.0. The normalized spacial score (nSPS) is 12.1. The molecule has 0 aliphatic rings. The second-order valence-corrected chi connectivity index (χ2v) is 7.51. The summed E-state index contributed by atoms with van der Waals surface area (Å²) in [6, 6.07) is 9.32. The van der Waals surface area contributed by atoms with Crippen molar-refractivity contribution in [3.05, 3.63) is 30.1 Å². The molecule has 0 unspecified atom stereocenters. The highest BCUT2D eigenvalue weighted by atomic mass is 127. The number of aryl methyl sites for hydroxylation is 1. The molecule has 3 N–H and O–H groups in total. The van der Waals surface area contributed by atoms with Crippen molar-refractivity contribution in [1.29, 1.82) is 0 Å². The van der Waals surface area contributed by atoms with Crippen LogP contribution in [0.2, 0.25) is 0 Å². The fraction of sp³-hybridized carbons (Fsp3) is 0.619. The third kappa shape index (κ3) is 7.95. The maximum Gasteiger partial charge on any atom is 0.190 e. The molecule has 0 fully saturated rings. The first-order valence-electron chi connectivity index (χ1n) is 10.1. The second-order valence-electron chi connectivity index (χ2n) is 7.51. The predicted molar refractivity (Wildman–Crippen MR) is 131 cm³/mol. The van der Waals surface area contributed by atoms with E-state index >= 15 is 0 Å². The first kappa shape index (κ1) is 24.7. The number of guanidine groups is 1. The van der Waals surface area contributed by atoms with Gasteiger partial charge in [0.2, 0.25) is 0 Å². The Morgan fingerprint density at radius 1 is 1.07 bits per heavy atom. The zero-order chi connectivity index (χ0) is 19.6. The Balaban J connectivity index is 0.00000392. The van der Waals surface area contributed by atoms with E-state index in [1.807, 2.05) is 25.2 Å². The minimum Gasteiger partial charge on any atom is -0.356 e. The van der Waals surface area contributed by atoms with Gasteiger partial charge in [-0.1, -0.05) is 12.1 Å². The van der Waals surface area contributed by atoms with E-state index in [0.29, 0.717) is 12.1 Å². The van der Waals surface area contributed by atoms with Crippen LogP contribution in [0.1, 0.15) is 46.4 Å². The summed E-state index contributed by atoms with van der Waals surface area (Å²) in [5.41, 5.74) is 2.14. The summed E-state index contributed by atoms with van der Waals surface area (Å²) in [7, 11) is 1.82. The van der Waals surface area contributed by atoms with Gasteiger partial charge in [-0.2, -0.15) is 0 Å². The topological polar surface area (TPSA) is 68.3 Å². The number of halogens is 1. The standard InChI is InChI=1S/C21H36N6.HI/c1-16(2)27(17(3)4)15-9-14-24-21(22-5)23-13-8-12-20-25-18-10-6-7-11-19(18)26-20;/h6-7,10-11,16-17H,8-9,12-15H2,1-5H3,(H,25,26)(H2,22,23,24);1H. The van der Waals surface area contributed by atoms with Crippen molar-refractivity contribution in [2.45, 2.75) is 59.0 Å². The van der Waals surface area contributed by atoms with Crippen LogP contribution in [0, 0.1) is 0 Å². The van der Waals surface area contributed by atoms with Gasteiger partial charge in [-0.25, -0.2) is 4.98 Å². The van der Waals surface area contributed by atoms with Crippen molar-refractivity contribution in [1.82, 2.24) is 25.5 Å². The number of rotatable bonds is 10. The number of hydrogen-bond donors (Lipinski definition) is 3. The number of nitrogens with one attached hydrogen (secondary N) is 3. The Morgan fingerprint density at radius 3 is 2.32 bits per heavy atom. The predicted octanol–water partition coefficient (Wildman–Crippen LogP) is 3.79. The summed E-state index contributed by atoms with van der Waals surface area (Å²) >= 11 is 0. The third-order valence-electron chi connectivity index (χ3n) is 4.76. The average Bonchev–Trinajstić information content (AvgIpc) is 3.05. The Hall–Kier alpha value is -1.35. The van der Waals surface area contributed by atoms with Gasteiger partial charge < -0.3 is 15.6 Å². The fourth-order valence-corrected chi connectivity index (χ4v) is 3.39. The highest BCUT2D eigenvalue weighted by Crippen LogP contribution is 2.11. The van der Waals surface area contributed by atoms with E-state index in [1.54, 1.807) is 0 Å². The summed E-state index contributed by atoms with van der Waals surface area (Å²) in [6.07, 6.45) is 3.04. The average molecular weight is 500 g/mol. The van der Waals surface area contributed by atoms with Gasteiger partial charge in [-0.05, 0) is 52.7 Å². The molecule has 0 aliphatic heterocycles. The molecule has 0 atom stereocenters. The van der Waals surface area contributed by atoms with Crippen LogP contribution in [0.5, 0.6) is 0 Å². The van der Waals surface area contributed by atoms with Crippen LogP contribution in [-0.4, -0.2) is 59.6 Å². The summed E-state index contributed by atoms with van der Waals surface area (Å²) in [5.74, 6) is 1.92. The van der Waals surface area contributed by atoms with Crippen molar-refractivity contribution in [3.8, 4) is 0 Å². The van der Waals surface area contributed by atoms with Gasteiger partial charge in [0, 0.05) is 45.2 Å². The van der Waals surface area contributed by atoms with Crippen molar-refractivity contribution in [3.63, 3.8) is 0 Å². The van der Waals surface area contributed by atoms with Gasteiger partial charge >= 0.3 is 0 Å². The molecule has 0 bridgehead atoms. The van der Waals surface area contributed by atoms with E-state index in [4.69, 9.17) is 0 Å². The molecule has 6 nitrogen and oxygen atoms in total. The molecule has 0 saturated heterocycles. The van der Waals surface area contributed by atoms with Crippen LogP contribution in [0.3, 0.4) is 0 Å². The van der Waals surface area contributed by atoms with Crippen LogP contribution in [-0.2, 0) is 6.42 Å². The Kier molecular flexibility index (Phi) is 11.4. The minimum atomic E-state index is 0. The van der Waals surface area contributed by atoms with Crippen LogP contribution >= 0.6 is 24.0 Å². The van der Waals surface area contributed by atoms with E-state index in [-0.39, 0.29) is 24.0 Å². The molecule has 158 valence electrons. The van der Waals surface area contributed by atoms with Gasteiger partial charge in [-0.3, -0.25) is 9.89 Å². The number of imidazole rings is 1. The highest BCUT2D eigenvalue weighted by Gasteiger charge is 2.12. The number of nitrogens with zero attached hydrogens (tertiary/aromatic N) is 3. The number of hydrogen-bond acceptors (Lipinski definition) is 3. The van der Waals surface area contributed by atoms with Crippen LogP contribution < -0.4 is 10.6 Å². The highest BCUT2D eigenvalue weighted by molar-refractivity contribution is 14.0. The van der Waals surface area contributed by atoms with Crippen molar-refractivity contribution < 1.29 is 0 Å². The molecule has 28 heavy (non-hydrogen) atoms. The minimum absolute atomic E-state index is 0. The Bertz CT molecular complexity index is 669. The molecular formula is C21H37IN6. The summed E-state index contributed by atoms with van der Waals surface area (Å²) in [5, 5.41) is 6.80. The van der Waals surface area contributed by atoms with Gasteiger partial charge in [-0.15, -0.1) is 24.0 Å². The molecule has 1 aromatic carbocycles. The van der Waals surface area contributed by atoms with Crippen molar-refractivity contribution in [2.75, 3.05) is 26.7 Å². The zero-order valence-corrected chi connectivity index (χ0v) is 20.3. The van der Waals surface area contributed by atoms with Crippen LogP contribution in [0.25, 0.3) is 11.0 Å². The number of aliphatic imine (C=N–C) groups is 1. The van der Waals surface area contributed by atoms with E-state index in [9.17, 15) is 0 Å². The molecule has 0 radical (unpaired) electrons. The molecule has 0 aliphatic carbocycles. The number of fused-ring (bicyclic) bond motifs is 1. The van der Waals surface area contributed by atoms with Crippen LogP contribution in [0.4, 0.5) is 0 Å². The summed E-state index contributed by atoms with van der Waals surface area (Å²) in [6.45, 7) is 11.9. The number of para-hydroxylation sites is 2.